The Hall–Kier alpha value is -3.28. The molecule has 32 heavy (non-hydrogen) atoms. The molecule has 0 spiro atoms. The fourth-order valence-electron chi connectivity index (χ4n) is 2.67. The van der Waals surface area contributed by atoms with E-state index in [4.69, 9.17) is 16.0 Å². The Morgan fingerprint density at radius 1 is 1.19 bits per heavy atom. The van der Waals surface area contributed by atoms with Gasteiger partial charge in [0.2, 0.25) is 11.0 Å². The first-order chi connectivity index (χ1) is 15.4. The number of oxazole rings is 1. The van der Waals surface area contributed by atoms with Crippen LogP contribution in [0.15, 0.2) is 58.0 Å². The van der Waals surface area contributed by atoms with E-state index >= 15 is 0 Å². The third kappa shape index (κ3) is 4.79. The molecule has 9 nitrogen and oxygen atoms in total. The van der Waals surface area contributed by atoms with Crippen LogP contribution in [-0.2, 0) is 21.2 Å². The quantitative estimate of drug-likeness (QED) is 0.276. The number of aryl methyl sites for hydroxylation is 1. The molecule has 2 N–H and O–H groups in total. The van der Waals surface area contributed by atoms with Gasteiger partial charge < -0.3 is 9.73 Å². The second-order valence-corrected chi connectivity index (χ2v) is 9.66. The second kappa shape index (κ2) is 9.07. The lowest BCUT2D eigenvalue weighted by Crippen LogP contribution is -2.12. The molecular formula is C20H16ClN5O4S2. The van der Waals surface area contributed by atoms with Gasteiger partial charge in [-0.25, -0.2) is 13.4 Å². The van der Waals surface area contributed by atoms with Crippen LogP contribution in [-0.4, -0.2) is 29.9 Å². The molecule has 2 aromatic carbocycles. The van der Waals surface area contributed by atoms with Crippen molar-refractivity contribution in [1.82, 2.24) is 15.2 Å². The number of anilines is 2. The summed E-state index contributed by atoms with van der Waals surface area (Å²) < 4.78 is 33.1. The smallest absolute Gasteiger partial charge is 0.263 e. The molecule has 2 aromatic heterocycles. The van der Waals surface area contributed by atoms with Gasteiger partial charge in [0.25, 0.3) is 10.0 Å². The normalized spacial score (nSPS) is 12.1. The molecule has 0 amide bonds. The number of aromatic nitrogens is 3. The summed E-state index contributed by atoms with van der Waals surface area (Å²) in [5.74, 6) is 0.136. The Kier molecular flexibility index (Phi) is 6.21. The number of carbonyl (C=O) groups excluding carboxylic acids is 1. The number of fused-ring (bicyclic) bond motifs is 1. The van der Waals surface area contributed by atoms with Crippen LogP contribution < -0.4 is 10.0 Å². The maximum Gasteiger partial charge on any atom is 0.263 e. The second-order valence-electron chi connectivity index (χ2n) is 6.48. The zero-order chi connectivity index (χ0) is 22.7. The predicted molar refractivity (Wildman–Crippen MR) is 123 cm³/mol. The number of rotatable bonds is 8. The molecule has 164 valence electrons. The van der Waals surface area contributed by atoms with Crippen molar-refractivity contribution in [2.75, 3.05) is 10.0 Å². The molecule has 0 aliphatic carbocycles. The summed E-state index contributed by atoms with van der Waals surface area (Å²) in [6, 6.07) is 11.0. The Morgan fingerprint density at radius 3 is 2.66 bits per heavy atom. The van der Waals surface area contributed by atoms with Crippen LogP contribution in [0.3, 0.4) is 0 Å². The highest BCUT2D eigenvalue weighted by Crippen LogP contribution is 2.24. The molecule has 4 aromatic rings. The molecule has 2 heterocycles. The zero-order valence-electron chi connectivity index (χ0n) is 16.6. The number of allylic oxidation sites excluding steroid dienone is 1. The molecular weight excluding hydrogens is 474 g/mol. The Bertz CT molecular complexity index is 1410. The minimum absolute atomic E-state index is 0.0618. The molecule has 0 saturated carbocycles. The van der Waals surface area contributed by atoms with Gasteiger partial charge in [-0.3, -0.25) is 9.52 Å². The lowest BCUT2D eigenvalue weighted by molar-refractivity contribution is -0.103. The minimum atomic E-state index is -3.80. The number of nitrogens with one attached hydrogen (secondary N) is 2. The van der Waals surface area contributed by atoms with Crippen molar-refractivity contribution in [3.8, 4) is 0 Å². The van der Waals surface area contributed by atoms with Crippen LogP contribution in [0.1, 0.15) is 17.8 Å². The van der Waals surface area contributed by atoms with E-state index in [-0.39, 0.29) is 21.5 Å². The van der Waals surface area contributed by atoms with Crippen LogP contribution in [0.25, 0.3) is 16.7 Å². The molecule has 0 fully saturated rings. The number of hydrogen-bond donors (Lipinski definition) is 2. The first-order valence-electron chi connectivity index (χ1n) is 9.31. The summed E-state index contributed by atoms with van der Waals surface area (Å²) >= 11 is 7.13. The van der Waals surface area contributed by atoms with Crippen molar-refractivity contribution >= 4 is 66.7 Å². The molecule has 0 atom stereocenters. The van der Waals surface area contributed by atoms with E-state index in [2.05, 4.69) is 25.2 Å². The molecule has 0 unspecified atom stereocenters. The van der Waals surface area contributed by atoms with Gasteiger partial charge in [-0.05, 0) is 48.9 Å². The van der Waals surface area contributed by atoms with Crippen LogP contribution >= 0.6 is 22.9 Å². The monoisotopic (exact) mass is 489 g/mol. The summed E-state index contributed by atoms with van der Waals surface area (Å²) in [6.45, 7) is 1.91. The van der Waals surface area contributed by atoms with Gasteiger partial charge in [-0.2, -0.15) is 0 Å². The number of halogens is 1. The molecule has 0 aliphatic rings. The van der Waals surface area contributed by atoms with E-state index in [1.54, 1.807) is 30.3 Å². The predicted octanol–water partition coefficient (Wildman–Crippen LogP) is 4.35. The molecule has 0 aliphatic heterocycles. The molecule has 0 saturated heterocycles. The average Bonchev–Trinajstić information content (AvgIpc) is 3.40. The lowest BCUT2D eigenvalue weighted by Gasteiger charge is -2.06. The molecule has 0 bridgehead atoms. The number of nitrogens with zero attached hydrogens (tertiary/aromatic N) is 3. The maximum absolute atomic E-state index is 12.5. The third-order valence-electron chi connectivity index (χ3n) is 4.27. The van der Waals surface area contributed by atoms with Crippen molar-refractivity contribution in [2.24, 2.45) is 0 Å². The van der Waals surface area contributed by atoms with Gasteiger partial charge in [-0.15, -0.1) is 10.2 Å². The topological polar surface area (TPSA) is 127 Å². The van der Waals surface area contributed by atoms with Crippen molar-refractivity contribution < 1.29 is 17.6 Å². The highest BCUT2D eigenvalue weighted by Gasteiger charge is 2.17. The molecule has 0 radical (unpaired) electrons. The van der Waals surface area contributed by atoms with Gasteiger partial charge in [0.1, 0.15) is 10.5 Å². The average molecular weight is 490 g/mol. The van der Waals surface area contributed by atoms with Crippen molar-refractivity contribution in [3.05, 3.63) is 64.6 Å². The third-order valence-corrected chi connectivity index (χ3v) is 6.98. The van der Waals surface area contributed by atoms with Gasteiger partial charge in [0, 0.05) is 16.9 Å². The summed E-state index contributed by atoms with van der Waals surface area (Å²) in [6.07, 6.45) is 2.70. The van der Waals surface area contributed by atoms with Crippen LogP contribution in [0.4, 0.5) is 10.8 Å². The maximum atomic E-state index is 12.5. The van der Waals surface area contributed by atoms with Gasteiger partial charge in [-0.1, -0.05) is 29.9 Å². The first-order valence-corrected chi connectivity index (χ1v) is 12.0. The van der Waals surface area contributed by atoms with Gasteiger partial charge in [0.05, 0.1) is 10.5 Å². The van der Waals surface area contributed by atoms with Crippen molar-refractivity contribution in [2.45, 2.75) is 18.2 Å². The van der Waals surface area contributed by atoms with E-state index in [1.807, 2.05) is 6.92 Å². The Labute approximate surface area is 192 Å². The molecule has 4 rings (SSSR count). The lowest BCUT2D eigenvalue weighted by atomic mass is 10.3. The number of aldehydes is 1. The van der Waals surface area contributed by atoms with Gasteiger partial charge in [0.15, 0.2) is 11.9 Å². The number of carbonyl (C=O) groups is 1. The number of hydrogen-bond acceptors (Lipinski definition) is 9. The largest absolute Gasteiger partial charge is 0.436 e. The number of sulfonamides is 1. The van der Waals surface area contributed by atoms with Crippen LogP contribution in [0, 0.1) is 0 Å². The van der Waals surface area contributed by atoms with E-state index in [1.165, 1.54) is 29.7 Å². The van der Waals surface area contributed by atoms with E-state index in [9.17, 15) is 13.2 Å². The van der Waals surface area contributed by atoms with Crippen LogP contribution in [0.2, 0.25) is 5.02 Å². The Balaban J connectivity index is 1.49. The highest BCUT2D eigenvalue weighted by atomic mass is 35.5. The van der Waals surface area contributed by atoms with E-state index in [0.717, 1.165) is 5.01 Å². The van der Waals surface area contributed by atoms with Crippen LogP contribution in [0.5, 0.6) is 0 Å². The summed E-state index contributed by atoms with van der Waals surface area (Å²) in [4.78, 5) is 15.8. The van der Waals surface area contributed by atoms with Crippen molar-refractivity contribution in [1.29, 1.82) is 0 Å². The fraction of sp³-hybridized carbons (Fsp3) is 0.100. The van der Waals surface area contributed by atoms with E-state index in [0.29, 0.717) is 34.5 Å². The summed E-state index contributed by atoms with van der Waals surface area (Å²) in [5, 5.41) is 12.1. The SMILES string of the molecule is CCc1nnc(NS(=O)(=O)c2ccc(N/C=C(\C=O)c3nc4cc(Cl)ccc4o3)cc2)s1. The van der Waals surface area contributed by atoms with Crippen molar-refractivity contribution in [3.63, 3.8) is 0 Å². The van der Waals surface area contributed by atoms with E-state index < -0.39 is 10.0 Å². The first kappa shape index (κ1) is 21.9. The number of benzene rings is 2. The fourth-order valence-corrected chi connectivity index (χ4v) is 4.75. The van der Waals surface area contributed by atoms with Gasteiger partial charge >= 0.3 is 0 Å². The zero-order valence-corrected chi connectivity index (χ0v) is 19.0. The summed E-state index contributed by atoms with van der Waals surface area (Å²) in [7, 11) is -3.80. The Morgan fingerprint density at radius 2 is 1.97 bits per heavy atom. The molecule has 12 heteroatoms. The summed E-state index contributed by atoms with van der Waals surface area (Å²) in [5.41, 5.74) is 1.77. The standard InChI is InChI=1S/C20H16ClN5O4S2/c1-2-18-24-25-20(31-18)26-32(28,29)15-6-4-14(5-7-15)22-10-12(11-27)19-23-16-9-13(21)3-8-17(16)30-19/h3-11,22H,2H2,1H3,(H,25,26)/b12-10+. The minimum Gasteiger partial charge on any atom is -0.436 e. The highest BCUT2D eigenvalue weighted by molar-refractivity contribution is 7.93.